The van der Waals surface area contributed by atoms with Gasteiger partial charge in [-0.1, -0.05) is 5.16 Å². The highest BCUT2D eigenvalue weighted by molar-refractivity contribution is 8.00. The van der Waals surface area contributed by atoms with E-state index in [2.05, 4.69) is 15.5 Å². The second-order valence-corrected chi connectivity index (χ2v) is 7.80. The van der Waals surface area contributed by atoms with Gasteiger partial charge in [0.2, 0.25) is 0 Å². The largest absolute Gasteiger partial charge is 0.453 e. The van der Waals surface area contributed by atoms with Crippen molar-refractivity contribution in [3.63, 3.8) is 0 Å². The van der Waals surface area contributed by atoms with Crippen molar-refractivity contribution in [2.45, 2.75) is 24.4 Å². The molecular weight excluding hydrogens is 382 g/mol. The number of carbonyl (C=O) groups is 3. The molecule has 3 aliphatic heterocycles. The standard InChI is InChI=1S/C14H13N5O5S2/c1-4-5-2-25-12-8(11(21)19(12)9(5)13(22)24-4)17-10(20)7(18-23)6-3-26-14(15)16-6/h3-4,8,12,23H,2H2,1H3,(H2,15,16)(H,17,20)/b18-7-/t4?,8-,12+/m1/s1. The highest BCUT2D eigenvalue weighted by atomic mass is 32.2. The number of cyclic esters (lactones) is 1. The number of amides is 2. The molecule has 2 amide bonds. The minimum absolute atomic E-state index is 0.116. The molecule has 4 heterocycles. The number of fused-ring (bicyclic) bond motifs is 2. The molecule has 1 unspecified atom stereocenters. The Morgan fingerprint density at radius 1 is 1.54 bits per heavy atom. The summed E-state index contributed by atoms with van der Waals surface area (Å²) in [7, 11) is 0. The van der Waals surface area contributed by atoms with Crippen molar-refractivity contribution in [1.82, 2.24) is 15.2 Å². The number of anilines is 1. The van der Waals surface area contributed by atoms with Crippen LogP contribution in [-0.4, -0.2) is 61.9 Å². The van der Waals surface area contributed by atoms with Crippen LogP contribution in [0.15, 0.2) is 21.8 Å². The lowest BCUT2D eigenvalue weighted by atomic mass is 10.0. The summed E-state index contributed by atoms with van der Waals surface area (Å²) in [5.74, 6) is -1.15. The number of nitrogens with zero attached hydrogens (tertiary/aromatic N) is 3. The Labute approximate surface area is 155 Å². The Morgan fingerprint density at radius 2 is 2.31 bits per heavy atom. The molecule has 0 aromatic carbocycles. The van der Waals surface area contributed by atoms with Crippen molar-refractivity contribution in [2.24, 2.45) is 5.16 Å². The van der Waals surface area contributed by atoms with Crippen LogP contribution in [0.5, 0.6) is 0 Å². The van der Waals surface area contributed by atoms with E-state index in [0.717, 1.165) is 16.9 Å². The van der Waals surface area contributed by atoms with E-state index >= 15 is 0 Å². The Balaban J connectivity index is 1.51. The third-order valence-corrected chi connectivity index (χ3v) is 6.31. The zero-order valence-corrected chi connectivity index (χ0v) is 15.0. The predicted octanol–water partition coefficient (Wildman–Crippen LogP) is -0.497. The molecule has 0 saturated carbocycles. The normalized spacial score (nSPS) is 27.7. The molecule has 0 radical (unpaired) electrons. The van der Waals surface area contributed by atoms with Gasteiger partial charge in [-0.15, -0.1) is 23.1 Å². The maximum Gasteiger partial charge on any atom is 0.355 e. The summed E-state index contributed by atoms with van der Waals surface area (Å²) in [6, 6.07) is -0.835. The summed E-state index contributed by atoms with van der Waals surface area (Å²) in [4.78, 5) is 42.1. The van der Waals surface area contributed by atoms with Gasteiger partial charge in [-0.25, -0.2) is 9.78 Å². The first kappa shape index (κ1) is 16.8. The molecule has 0 aliphatic carbocycles. The van der Waals surface area contributed by atoms with Gasteiger partial charge in [-0.3, -0.25) is 14.5 Å². The van der Waals surface area contributed by atoms with Crippen LogP contribution < -0.4 is 11.1 Å². The van der Waals surface area contributed by atoms with E-state index in [1.807, 2.05) is 0 Å². The summed E-state index contributed by atoms with van der Waals surface area (Å²) in [5.41, 5.74) is 6.36. The first-order valence-electron chi connectivity index (χ1n) is 7.55. The summed E-state index contributed by atoms with van der Waals surface area (Å²) in [6.45, 7) is 1.76. The van der Waals surface area contributed by atoms with Gasteiger partial charge >= 0.3 is 5.97 Å². The molecule has 1 aromatic rings. The van der Waals surface area contributed by atoms with Crippen LogP contribution in [-0.2, 0) is 19.1 Å². The van der Waals surface area contributed by atoms with Crippen LogP contribution in [0, 0.1) is 0 Å². The van der Waals surface area contributed by atoms with Crippen molar-refractivity contribution in [3.8, 4) is 0 Å². The Hall–Kier alpha value is -2.60. The van der Waals surface area contributed by atoms with E-state index in [0.29, 0.717) is 5.75 Å². The van der Waals surface area contributed by atoms with Gasteiger partial charge in [-0.05, 0) is 6.92 Å². The fraction of sp³-hybridized carbons (Fsp3) is 0.357. The minimum atomic E-state index is -0.835. The number of nitrogens with two attached hydrogens (primary N) is 1. The van der Waals surface area contributed by atoms with Crippen molar-refractivity contribution < 1.29 is 24.3 Å². The van der Waals surface area contributed by atoms with Gasteiger partial charge in [0.05, 0.1) is 0 Å². The van der Waals surface area contributed by atoms with Gasteiger partial charge in [-0.2, -0.15) is 0 Å². The molecule has 4 rings (SSSR count). The number of ether oxygens (including phenoxy) is 1. The van der Waals surface area contributed by atoms with Gasteiger partial charge in [0.1, 0.15) is 28.9 Å². The highest BCUT2D eigenvalue weighted by Crippen LogP contribution is 2.44. The zero-order chi connectivity index (χ0) is 18.6. The fourth-order valence-corrected chi connectivity index (χ4v) is 5.05. The molecule has 3 atom stereocenters. The number of β-lactam (4-membered cyclic amide) rings is 1. The van der Waals surface area contributed by atoms with Gasteiger partial charge in [0.25, 0.3) is 11.8 Å². The lowest BCUT2D eigenvalue weighted by Crippen LogP contribution is -2.70. The Morgan fingerprint density at radius 3 is 2.96 bits per heavy atom. The van der Waals surface area contributed by atoms with Gasteiger partial charge < -0.3 is 21.0 Å². The molecule has 1 fully saturated rings. The lowest BCUT2D eigenvalue weighted by Gasteiger charge is -2.48. The topological polar surface area (TPSA) is 147 Å². The second kappa shape index (κ2) is 5.99. The van der Waals surface area contributed by atoms with Crippen molar-refractivity contribution in [3.05, 3.63) is 22.3 Å². The lowest BCUT2D eigenvalue weighted by molar-refractivity contribution is -0.151. The van der Waals surface area contributed by atoms with Crippen molar-refractivity contribution in [2.75, 3.05) is 11.5 Å². The smallest absolute Gasteiger partial charge is 0.355 e. The number of thioether (sulfide) groups is 1. The molecular formula is C14H13N5O5S2. The van der Waals surface area contributed by atoms with Crippen LogP contribution in [0.4, 0.5) is 5.13 Å². The Kier molecular flexibility index (Phi) is 3.88. The quantitative estimate of drug-likeness (QED) is 0.204. The van der Waals surface area contributed by atoms with Crippen LogP contribution in [0.2, 0.25) is 0 Å². The van der Waals surface area contributed by atoms with Gasteiger partial charge in [0.15, 0.2) is 10.8 Å². The molecule has 10 nitrogen and oxygen atoms in total. The number of nitrogen functional groups attached to an aromatic ring is 1. The zero-order valence-electron chi connectivity index (χ0n) is 13.3. The number of rotatable bonds is 3. The van der Waals surface area contributed by atoms with Crippen molar-refractivity contribution >= 4 is 51.7 Å². The molecule has 0 bridgehead atoms. The van der Waals surface area contributed by atoms with Gasteiger partial charge in [0, 0.05) is 16.7 Å². The van der Waals surface area contributed by atoms with E-state index in [-0.39, 0.29) is 28.3 Å². The number of esters is 1. The maximum absolute atomic E-state index is 12.5. The number of carbonyl (C=O) groups excluding carboxylic acids is 3. The minimum Gasteiger partial charge on any atom is -0.453 e. The molecule has 26 heavy (non-hydrogen) atoms. The van der Waals surface area contributed by atoms with Crippen molar-refractivity contribution in [1.29, 1.82) is 0 Å². The fourth-order valence-electron chi connectivity index (χ4n) is 3.05. The van der Waals surface area contributed by atoms with Crippen LogP contribution in [0.3, 0.4) is 0 Å². The summed E-state index contributed by atoms with van der Waals surface area (Å²) in [5, 5.41) is 15.9. The summed E-state index contributed by atoms with van der Waals surface area (Å²) >= 11 is 2.52. The summed E-state index contributed by atoms with van der Waals surface area (Å²) in [6.07, 6.45) is -0.351. The van der Waals surface area contributed by atoms with Crippen LogP contribution in [0.1, 0.15) is 12.6 Å². The second-order valence-electron chi connectivity index (χ2n) is 5.80. The predicted molar refractivity (Wildman–Crippen MR) is 92.5 cm³/mol. The average Bonchev–Trinajstić information content (AvgIpc) is 3.15. The monoisotopic (exact) mass is 395 g/mol. The van der Waals surface area contributed by atoms with Crippen LogP contribution >= 0.6 is 23.1 Å². The van der Waals surface area contributed by atoms with Crippen LogP contribution in [0.25, 0.3) is 0 Å². The Bertz CT molecular complexity index is 894. The molecule has 12 heteroatoms. The van der Waals surface area contributed by atoms with E-state index in [9.17, 15) is 14.4 Å². The first-order valence-corrected chi connectivity index (χ1v) is 9.48. The number of thiazole rings is 1. The van der Waals surface area contributed by atoms with E-state index in [4.69, 9.17) is 15.7 Å². The molecule has 1 saturated heterocycles. The average molecular weight is 395 g/mol. The van der Waals surface area contributed by atoms with E-state index < -0.39 is 29.2 Å². The number of hydrogen-bond acceptors (Lipinski definition) is 10. The molecule has 0 spiro atoms. The molecule has 3 aliphatic rings. The number of aromatic nitrogens is 1. The number of oxime groups is 1. The SMILES string of the molecule is CC1OC(=O)C2=C1CS[C@H]1[C@H](NC(=O)/C(=N\O)c3csc(N)n3)C(=O)N21. The maximum atomic E-state index is 12.5. The first-order chi connectivity index (χ1) is 12.4. The number of hydrogen-bond donors (Lipinski definition) is 3. The summed E-state index contributed by atoms with van der Waals surface area (Å²) < 4.78 is 5.16. The third kappa shape index (κ3) is 2.36. The highest BCUT2D eigenvalue weighted by Gasteiger charge is 2.56. The molecule has 4 N–H and O–H groups in total. The van der Waals surface area contributed by atoms with E-state index in [1.54, 1.807) is 6.92 Å². The number of nitrogens with one attached hydrogen (secondary N) is 1. The molecule has 1 aromatic heterocycles. The third-order valence-electron chi connectivity index (χ3n) is 4.33. The van der Waals surface area contributed by atoms with E-state index in [1.165, 1.54) is 22.0 Å². The molecule has 136 valence electrons.